The number of hydrogen-bond acceptors (Lipinski definition) is 1. The highest BCUT2D eigenvalue weighted by molar-refractivity contribution is 14.1. The number of rotatable bonds is 2. The standard InChI is InChI=1S/C12H10ClIS/c1-8-4-2-5-9(12(8)14)11(13)10-6-3-7-15-10/h2-7,11H,1H3. The highest BCUT2D eigenvalue weighted by Crippen LogP contribution is 2.35. The second-order valence-corrected chi connectivity index (χ2v) is 5.85. The van der Waals surface area contributed by atoms with Gasteiger partial charge < -0.3 is 0 Å². The first-order chi connectivity index (χ1) is 7.20. The molecular formula is C12H10ClIS. The van der Waals surface area contributed by atoms with E-state index in [9.17, 15) is 0 Å². The first kappa shape index (κ1) is 11.4. The Morgan fingerprint density at radius 2 is 2.07 bits per heavy atom. The van der Waals surface area contributed by atoms with Gasteiger partial charge in [0.2, 0.25) is 0 Å². The van der Waals surface area contributed by atoms with Crippen LogP contribution in [0.2, 0.25) is 0 Å². The zero-order valence-electron chi connectivity index (χ0n) is 8.21. The molecule has 0 aliphatic rings. The Balaban J connectivity index is 2.42. The van der Waals surface area contributed by atoms with Crippen LogP contribution in [0.3, 0.4) is 0 Å². The van der Waals surface area contributed by atoms with Crippen LogP contribution in [0.25, 0.3) is 0 Å². The van der Waals surface area contributed by atoms with E-state index in [2.05, 4.69) is 59.2 Å². The van der Waals surface area contributed by atoms with Crippen LogP contribution in [0.4, 0.5) is 0 Å². The topological polar surface area (TPSA) is 0 Å². The van der Waals surface area contributed by atoms with Gasteiger partial charge in [-0.15, -0.1) is 22.9 Å². The van der Waals surface area contributed by atoms with E-state index in [-0.39, 0.29) is 5.38 Å². The lowest BCUT2D eigenvalue weighted by Crippen LogP contribution is -1.95. The van der Waals surface area contributed by atoms with Crippen LogP contribution < -0.4 is 0 Å². The van der Waals surface area contributed by atoms with Crippen LogP contribution in [0.5, 0.6) is 0 Å². The Kier molecular flexibility index (Phi) is 3.69. The first-order valence-electron chi connectivity index (χ1n) is 4.62. The Morgan fingerprint density at radius 1 is 1.27 bits per heavy atom. The van der Waals surface area contributed by atoms with Crippen LogP contribution >= 0.6 is 45.5 Å². The second kappa shape index (κ2) is 4.85. The number of halogens is 2. The van der Waals surface area contributed by atoms with Crippen molar-refractivity contribution in [3.05, 3.63) is 55.3 Å². The maximum Gasteiger partial charge on any atom is 0.0938 e. The summed E-state index contributed by atoms with van der Waals surface area (Å²) < 4.78 is 1.27. The fourth-order valence-corrected chi connectivity index (χ4v) is 3.44. The Morgan fingerprint density at radius 3 is 2.73 bits per heavy atom. The molecule has 0 nitrogen and oxygen atoms in total. The molecule has 0 radical (unpaired) electrons. The summed E-state index contributed by atoms with van der Waals surface area (Å²) in [5, 5.41) is 2.05. The minimum absolute atomic E-state index is 0.0169. The molecular weight excluding hydrogens is 339 g/mol. The van der Waals surface area contributed by atoms with Gasteiger partial charge in [0.25, 0.3) is 0 Å². The molecule has 78 valence electrons. The van der Waals surface area contributed by atoms with E-state index in [0.717, 1.165) is 0 Å². The van der Waals surface area contributed by atoms with E-state index in [4.69, 9.17) is 11.6 Å². The molecule has 0 N–H and O–H groups in total. The molecule has 0 saturated carbocycles. The summed E-state index contributed by atoms with van der Waals surface area (Å²) in [5.74, 6) is 0. The minimum atomic E-state index is -0.0169. The summed E-state index contributed by atoms with van der Waals surface area (Å²) in [4.78, 5) is 1.21. The van der Waals surface area contributed by atoms with Crippen molar-refractivity contribution < 1.29 is 0 Å². The van der Waals surface area contributed by atoms with Crippen LogP contribution in [0, 0.1) is 10.5 Å². The summed E-state index contributed by atoms with van der Waals surface area (Å²) in [6, 6.07) is 10.4. The number of benzene rings is 1. The van der Waals surface area contributed by atoms with Gasteiger partial charge in [-0.05, 0) is 52.1 Å². The van der Waals surface area contributed by atoms with Crippen molar-refractivity contribution in [1.82, 2.24) is 0 Å². The first-order valence-corrected chi connectivity index (χ1v) is 7.02. The van der Waals surface area contributed by atoms with Crippen molar-refractivity contribution in [3.63, 3.8) is 0 Å². The quantitative estimate of drug-likeness (QED) is 0.530. The van der Waals surface area contributed by atoms with E-state index in [0.29, 0.717) is 0 Å². The van der Waals surface area contributed by atoms with Crippen molar-refractivity contribution in [3.8, 4) is 0 Å². The molecule has 0 fully saturated rings. The minimum Gasteiger partial charge on any atom is -0.147 e. The molecule has 1 unspecified atom stereocenters. The van der Waals surface area contributed by atoms with Gasteiger partial charge in [-0.2, -0.15) is 0 Å². The van der Waals surface area contributed by atoms with E-state index in [1.165, 1.54) is 19.6 Å². The van der Waals surface area contributed by atoms with Gasteiger partial charge in [-0.3, -0.25) is 0 Å². The van der Waals surface area contributed by atoms with Crippen molar-refractivity contribution in [2.45, 2.75) is 12.3 Å². The van der Waals surface area contributed by atoms with E-state index >= 15 is 0 Å². The highest BCUT2D eigenvalue weighted by atomic mass is 127. The van der Waals surface area contributed by atoms with Crippen LogP contribution in [-0.4, -0.2) is 0 Å². The molecule has 0 aliphatic carbocycles. The maximum absolute atomic E-state index is 6.46. The molecule has 1 aromatic carbocycles. The predicted octanol–water partition coefficient (Wildman–Crippen LogP) is 4.99. The van der Waals surface area contributed by atoms with Crippen LogP contribution in [-0.2, 0) is 0 Å². The van der Waals surface area contributed by atoms with Crippen molar-refractivity contribution in [1.29, 1.82) is 0 Å². The van der Waals surface area contributed by atoms with E-state index in [1.807, 2.05) is 6.07 Å². The molecule has 0 bridgehead atoms. The lowest BCUT2D eigenvalue weighted by atomic mass is 10.1. The molecule has 1 heterocycles. The summed E-state index contributed by atoms with van der Waals surface area (Å²) >= 11 is 10.5. The molecule has 0 spiro atoms. The number of alkyl halides is 1. The average molecular weight is 349 g/mol. The normalized spacial score (nSPS) is 12.7. The van der Waals surface area contributed by atoms with Gasteiger partial charge in [0.1, 0.15) is 0 Å². The summed E-state index contributed by atoms with van der Waals surface area (Å²) in [7, 11) is 0. The molecule has 0 amide bonds. The van der Waals surface area contributed by atoms with E-state index in [1.54, 1.807) is 11.3 Å². The van der Waals surface area contributed by atoms with Crippen molar-refractivity contribution in [2.24, 2.45) is 0 Å². The van der Waals surface area contributed by atoms with Gasteiger partial charge in [-0.1, -0.05) is 24.3 Å². The summed E-state index contributed by atoms with van der Waals surface area (Å²) in [5.41, 5.74) is 2.50. The summed E-state index contributed by atoms with van der Waals surface area (Å²) in [6.45, 7) is 2.11. The van der Waals surface area contributed by atoms with Crippen LogP contribution in [0.15, 0.2) is 35.7 Å². The van der Waals surface area contributed by atoms with Gasteiger partial charge >= 0.3 is 0 Å². The zero-order chi connectivity index (χ0) is 10.8. The Hall–Kier alpha value is -0.0600. The molecule has 0 aliphatic heterocycles. The molecule has 1 atom stereocenters. The zero-order valence-corrected chi connectivity index (χ0v) is 11.9. The Labute approximate surface area is 112 Å². The molecule has 3 heteroatoms. The fourth-order valence-electron chi connectivity index (χ4n) is 1.45. The lowest BCUT2D eigenvalue weighted by molar-refractivity contribution is 1.15. The lowest BCUT2D eigenvalue weighted by Gasteiger charge is -2.11. The molecule has 15 heavy (non-hydrogen) atoms. The van der Waals surface area contributed by atoms with Gasteiger partial charge in [0.05, 0.1) is 5.38 Å². The molecule has 2 aromatic rings. The number of aryl methyl sites for hydroxylation is 1. The second-order valence-electron chi connectivity index (χ2n) is 3.36. The van der Waals surface area contributed by atoms with Crippen molar-refractivity contribution in [2.75, 3.05) is 0 Å². The third-order valence-electron chi connectivity index (χ3n) is 2.29. The van der Waals surface area contributed by atoms with Gasteiger partial charge in [0.15, 0.2) is 0 Å². The number of thiophene rings is 1. The predicted molar refractivity (Wildman–Crippen MR) is 75.9 cm³/mol. The highest BCUT2D eigenvalue weighted by Gasteiger charge is 2.15. The monoisotopic (exact) mass is 348 g/mol. The molecule has 1 aromatic heterocycles. The third-order valence-corrected chi connectivity index (χ3v) is 5.30. The number of hydrogen-bond donors (Lipinski definition) is 0. The van der Waals surface area contributed by atoms with Crippen LogP contribution in [0.1, 0.15) is 21.4 Å². The maximum atomic E-state index is 6.46. The van der Waals surface area contributed by atoms with Gasteiger partial charge in [-0.25, -0.2) is 0 Å². The molecule has 0 saturated heterocycles. The van der Waals surface area contributed by atoms with Gasteiger partial charge in [0, 0.05) is 8.45 Å². The molecule has 2 rings (SSSR count). The van der Waals surface area contributed by atoms with Crippen molar-refractivity contribution >= 4 is 45.5 Å². The third kappa shape index (κ3) is 2.37. The smallest absolute Gasteiger partial charge is 0.0938 e. The largest absolute Gasteiger partial charge is 0.147 e. The van der Waals surface area contributed by atoms with E-state index < -0.39 is 0 Å². The SMILES string of the molecule is Cc1cccc(C(Cl)c2cccs2)c1I. The average Bonchev–Trinajstić information content (AvgIpc) is 2.74. The Bertz CT molecular complexity index is 451. The summed E-state index contributed by atoms with van der Waals surface area (Å²) in [6.07, 6.45) is 0. The fraction of sp³-hybridized carbons (Fsp3) is 0.167.